The van der Waals surface area contributed by atoms with E-state index in [-0.39, 0.29) is 0 Å². The van der Waals surface area contributed by atoms with Gasteiger partial charge < -0.3 is 4.90 Å². The molecule has 1 aromatic heterocycles. The summed E-state index contributed by atoms with van der Waals surface area (Å²) in [6, 6.07) is 9.95. The molecule has 4 heteroatoms. The van der Waals surface area contributed by atoms with Gasteiger partial charge in [-0.05, 0) is 26.0 Å². The van der Waals surface area contributed by atoms with Gasteiger partial charge in [-0.2, -0.15) is 0 Å². The number of hydrogen-bond donors (Lipinski definition) is 0. The molecule has 1 heterocycles. The molecular formula is C13H14ClN3. The number of hydrogen-bond acceptors (Lipinski definition) is 3. The van der Waals surface area contributed by atoms with E-state index < -0.39 is 0 Å². The third-order valence-corrected chi connectivity index (χ3v) is 2.96. The van der Waals surface area contributed by atoms with E-state index in [0.717, 1.165) is 17.1 Å². The van der Waals surface area contributed by atoms with Gasteiger partial charge in [0.15, 0.2) is 11.0 Å². The molecule has 0 unspecified atom stereocenters. The lowest BCUT2D eigenvalue weighted by Gasteiger charge is -2.19. The van der Waals surface area contributed by atoms with Crippen molar-refractivity contribution in [3.05, 3.63) is 46.9 Å². The van der Waals surface area contributed by atoms with E-state index in [1.54, 1.807) is 0 Å². The fourth-order valence-electron chi connectivity index (χ4n) is 1.55. The largest absolute Gasteiger partial charge is 0.327 e. The normalized spacial score (nSPS) is 10.4. The highest BCUT2D eigenvalue weighted by Crippen LogP contribution is 2.27. The second-order valence-corrected chi connectivity index (χ2v) is 4.26. The van der Waals surface area contributed by atoms with Gasteiger partial charge in [-0.25, -0.2) is 9.97 Å². The van der Waals surface area contributed by atoms with Gasteiger partial charge in [-0.15, -0.1) is 0 Å². The third kappa shape index (κ3) is 2.39. The standard InChI is InChI=1S/C13H14ClN3/c1-9-10(2)16-13(12(14)15-9)17(3)11-7-5-4-6-8-11/h4-8H,1-3H3. The molecule has 0 N–H and O–H groups in total. The minimum atomic E-state index is 0.430. The number of aryl methyl sites for hydroxylation is 2. The summed E-state index contributed by atoms with van der Waals surface area (Å²) in [7, 11) is 1.93. The Kier molecular flexibility index (Phi) is 3.29. The maximum absolute atomic E-state index is 6.13. The first-order chi connectivity index (χ1) is 8.09. The molecule has 88 valence electrons. The van der Waals surface area contributed by atoms with Crippen molar-refractivity contribution < 1.29 is 0 Å². The number of para-hydroxylation sites is 1. The van der Waals surface area contributed by atoms with E-state index in [2.05, 4.69) is 9.97 Å². The summed E-state index contributed by atoms with van der Waals surface area (Å²) in [6.45, 7) is 3.83. The van der Waals surface area contributed by atoms with Crippen LogP contribution in [-0.2, 0) is 0 Å². The van der Waals surface area contributed by atoms with Crippen LogP contribution in [0, 0.1) is 13.8 Å². The number of anilines is 2. The Morgan fingerprint density at radius 1 is 1.00 bits per heavy atom. The highest BCUT2D eigenvalue weighted by atomic mass is 35.5. The molecule has 0 atom stereocenters. The summed E-state index contributed by atoms with van der Waals surface area (Å²) in [6.07, 6.45) is 0. The minimum absolute atomic E-state index is 0.430. The smallest absolute Gasteiger partial charge is 0.172 e. The SMILES string of the molecule is Cc1nc(Cl)c(N(C)c2ccccc2)nc1C. The maximum Gasteiger partial charge on any atom is 0.172 e. The van der Waals surface area contributed by atoms with Gasteiger partial charge >= 0.3 is 0 Å². The average molecular weight is 248 g/mol. The van der Waals surface area contributed by atoms with Crippen molar-refractivity contribution in [1.82, 2.24) is 9.97 Å². The van der Waals surface area contributed by atoms with Crippen molar-refractivity contribution in [3.63, 3.8) is 0 Å². The number of halogens is 1. The molecule has 2 aromatic rings. The molecule has 1 aromatic carbocycles. The van der Waals surface area contributed by atoms with Crippen molar-refractivity contribution in [1.29, 1.82) is 0 Å². The second-order valence-electron chi connectivity index (χ2n) is 3.90. The van der Waals surface area contributed by atoms with Gasteiger partial charge in [0.05, 0.1) is 11.4 Å². The Labute approximate surface area is 106 Å². The van der Waals surface area contributed by atoms with Crippen molar-refractivity contribution >= 4 is 23.1 Å². The van der Waals surface area contributed by atoms with Crippen LogP contribution in [0.2, 0.25) is 5.15 Å². The zero-order valence-electron chi connectivity index (χ0n) is 10.1. The molecule has 0 aliphatic heterocycles. The van der Waals surface area contributed by atoms with Gasteiger partial charge in [-0.3, -0.25) is 0 Å². The molecule has 17 heavy (non-hydrogen) atoms. The monoisotopic (exact) mass is 247 g/mol. The lowest BCUT2D eigenvalue weighted by molar-refractivity contribution is 1.01. The first-order valence-electron chi connectivity index (χ1n) is 5.39. The molecule has 0 fully saturated rings. The Balaban J connectivity index is 2.44. The van der Waals surface area contributed by atoms with Gasteiger partial charge in [0.1, 0.15) is 0 Å². The Hall–Kier alpha value is -1.61. The summed E-state index contributed by atoms with van der Waals surface area (Å²) < 4.78 is 0. The summed E-state index contributed by atoms with van der Waals surface area (Å²) in [5.74, 6) is 0.681. The van der Waals surface area contributed by atoms with E-state index in [9.17, 15) is 0 Å². The van der Waals surface area contributed by atoms with E-state index in [1.807, 2.05) is 56.1 Å². The van der Waals surface area contributed by atoms with Crippen LogP contribution in [0.5, 0.6) is 0 Å². The summed E-state index contributed by atoms with van der Waals surface area (Å²) in [5.41, 5.74) is 2.79. The first kappa shape index (κ1) is 11.9. The third-order valence-electron chi connectivity index (χ3n) is 2.71. The Bertz CT molecular complexity index is 526. The van der Waals surface area contributed by atoms with Crippen LogP contribution in [-0.4, -0.2) is 17.0 Å². The summed E-state index contributed by atoms with van der Waals surface area (Å²) in [5, 5.41) is 0.430. The molecule has 0 aliphatic carbocycles. The predicted molar refractivity (Wildman–Crippen MR) is 71.0 cm³/mol. The highest BCUT2D eigenvalue weighted by molar-refractivity contribution is 6.31. The zero-order valence-corrected chi connectivity index (χ0v) is 10.9. The quantitative estimate of drug-likeness (QED) is 0.813. The topological polar surface area (TPSA) is 29.0 Å². The van der Waals surface area contributed by atoms with E-state index in [1.165, 1.54) is 0 Å². The van der Waals surface area contributed by atoms with Crippen LogP contribution in [0.15, 0.2) is 30.3 Å². The number of rotatable bonds is 2. The molecule has 0 aliphatic rings. The van der Waals surface area contributed by atoms with Crippen molar-refractivity contribution in [2.75, 3.05) is 11.9 Å². The van der Waals surface area contributed by atoms with E-state index >= 15 is 0 Å². The Morgan fingerprint density at radius 3 is 2.24 bits per heavy atom. The lowest BCUT2D eigenvalue weighted by Crippen LogP contribution is -2.13. The summed E-state index contributed by atoms with van der Waals surface area (Å²) in [4.78, 5) is 10.7. The molecular weight excluding hydrogens is 234 g/mol. The molecule has 0 spiro atoms. The lowest BCUT2D eigenvalue weighted by atomic mass is 10.3. The number of aromatic nitrogens is 2. The first-order valence-corrected chi connectivity index (χ1v) is 5.77. The van der Waals surface area contributed by atoms with Crippen LogP contribution in [0.4, 0.5) is 11.5 Å². The Morgan fingerprint density at radius 2 is 1.59 bits per heavy atom. The van der Waals surface area contributed by atoms with Gasteiger partial charge in [0.2, 0.25) is 0 Å². The van der Waals surface area contributed by atoms with Gasteiger partial charge in [0.25, 0.3) is 0 Å². The van der Waals surface area contributed by atoms with Crippen LogP contribution in [0.3, 0.4) is 0 Å². The molecule has 0 radical (unpaired) electrons. The second kappa shape index (κ2) is 4.72. The fraction of sp³-hybridized carbons (Fsp3) is 0.231. The maximum atomic E-state index is 6.13. The molecule has 0 saturated carbocycles. The molecule has 2 rings (SSSR count). The van der Waals surface area contributed by atoms with Crippen molar-refractivity contribution in [3.8, 4) is 0 Å². The zero-order chi connectivity index (χ0) is 12.4. The summed E-state index contributed by atoms with van der Waals surface area (Å²) >= 11 is 6.13. The minimum Gasteiger partial charge on any atom is -0.327 e. The van der Waals surface area contributed by atoms with E-state index in [4.69, 9.17) is 11.6 Å². The van der Waals surface area contributed by atoms with Crippen LogP contribution >= 0.6 is 11.6 Å². The van der Waals surface area contributed by atoms with Crippen LogP contribution in [0.25, 0.3) is 0 Å². The van der Waals surface area contributed by atoms with Crippen LogP contribution < -0.4 is 4.90 Å². The van der Waals surface area contributed by atoms with Crippen LogP contribution in [0.1, 0.15) is 11.4 Å². The fourth-order valence-corrected chi connectivity index (χ4v) is 1.85. The highest BCUT2D eigenvalue weighted by Gasteiger charge is 2.12. The average Bonchev–Trinajstić information content (AvgIpc) is 2.34. The molecule has 0 bridgehead atoms. The molecule has 0 amide bonds. The van der Waals surface area contributed by atoms with Gasteiger partial charge in [-0.1, -0.05) is 29.8 Å². The number of nitrogens with zero attached hydrogens (tertiary/aromatic N) is 3. The van der Waals surface area contributed by atoms with E-state index in [0.29, 0.717) is 11.0 Å². The predicted octanol–water partition coefficient (Wildman–Crippen LogP) is 3.51. The number of benzene rings is 1. The molecule has 3 nitrogen and oxygen atoms in total. The van der Waals surface area contributed by atoms with Crippen molar-refractivity contribution in [2.24, 2.45) is 0 Å². The van der Waals surface area contributed by atoms with Gasteiger partial charge in [0, 0.05) is 12.7 Å². The van der Waals surface area contributed by atoms with Crippen molar-refractivity contribution in [2.45, 2.75) is 13.8 Å². The molecule has 0 saturated heterocycles.